The summed E-state index contributed by atoms with van der Waals surface area (Å²) in [5.41, 5.74) is 4.95. The molecule has 0 bridgehead atoms. The van der Waals surface area contributed by atoms with Crippen LogP contribution in [-0.4, -0.2) is 24.9 Å². The smallest absolute Gasteiger partial charge is 0.872 e. The quantitative estimate of drug-likeness (QED) is 0.0566. The van der Waals surface area contributed by atoms with Crippen LogP contribution in [0.4, 0.5) is 22.7 Å². The number of hydrogen-bond donors (Lipinski definition) is 0. The SMILES string of the molecule is C=CCc1cccc(C=Nc2cc(N=Cc3cccc(CC=C)c3[O-])c(N=Cc3cccc(CC=C)c3[O-])cc2N=Cc2cccc(CC=C)c2[O-])c1[O-].[Zn+2].[Zn+2]. The summed E-state index contributed by atoms with van der Waals surface area (Å²) in [6.45, 7) is 15.0. The Morgan fingerprint density at radius 3 is 0.786 bits per heavy atom. The average molecular weight is 842 g/mol. The summed E-state index contributed by atoms with van der Waals surface area (Å²) in [6.07, 6.45) is 14.1. The van der Waals surface area contributed by atoms with Gasteiger partial charge in [0.05, 0.1) is 22.7 Å². The number of para-hydroxylation sites is 4. The van der Waals surface area contributed by atoms with E-state index in [1.54, 1.807) is 109 Å². The van der Waals surface area contributed by atoms with E-state index in [2.05, 4.69) is 46.3 Å². The van der Waals surface area contributed by atoms with Gasteiger partial charge in [-0.3, -0.25) is 20.0 Å². The van der Waals surface area contributed by atoms with E-state index in [0.29, 0.717) is 92.9 Å². The van der Waals surface area contributed by atoms with Crippen molar-refractivity contribution in [3.8, 4) is 23.0 Å². The van der Waals surface area contributed by atoms with Gasteiger partial charge < -0.3 is 20.4 Å². The summed E-state index contributed by atoms with van der Waals surface area (Å²) in [6, 6.07) is 24.0. The first-order chi connectivity index (χ1) is 26.3. The fraction of sp³-hybridized carbons (Fsp3) is 0.0870. The van der Waals surface area contributed by atoms with Gasteiger partial charge in [0.1, 0.15) is 0 Å². The Kier molecular flexibility index (Phi) is 17.4. The minimum Gasteiger partial charge on any atom is -0.872 e. The molecule has 5 aromatic carbocycles. The van der Waals surface area contributed by atoms with Crippen LogP contribution in [0.15, 0.2) is 156 Å². The van der Waals surface area contributed by atoms with Crippen LogP contribution in [0.2, 0.25) is 0 Å². The average Bonchev–Trinajstić information content (AvgIpc) is 3.17. The summed E-state index contributed by atoms with van der Waals surface area (Å²) in [5.74, 6) is -0.740. The van der Waals surface area contributed by atoms with Crippen LogP contribution in [0.1, 0.15) is 44.5 Å². The molecule has 0 aromatic heterocycles. The molecule has 0 N–H and O–H groups in total. The number of aliphatic imine (C=N–C) groups is 4. The number of nitrogens with zero attached hydrogens (tertiary/aromatic N) is 4. The Morgan fingerprint density at radius 2 is 0.589 bits per heavy atom. The summed E-state index contributed by atoms with van der Waals surface area (Å²) in [5, 5.41) is 52.7. The molecule has 0 aliphatic carbocycles. The van der Waals surface area contributed by atoms with Crippen LogP contribution in [-0.2, 0) is 64.6 Å². The molecule has 0 saturated carbocycles. The van der Waals surface area contributed by atoms with Gasteiger partial charge in [-0.2, -0.15) is 0 Å². The molecule has 0 saturated heterocycles. The molecule has 270 valence electrons. The van der Waals surface area contributed by atoms with Gasteiger partial charge in [-0.25, -0.2) is 0 Å². The predicted octanol–water partition coefficient (Wildman–Crippen LogP) is 7.89. The maximum atomic E-state index is 13.2. The number of rotatable bonds is 16. The van der Waals surface area contributed by atoms with Crippen molar-refractivity contribution in [3.05, 3.63) is 180 Å². The summed E-state index contributed by atoms with van der Waals surface area (Å²) < 4.78 is 0. The Morgan fingerprint density at radius 1 is 0.375 bits per heavy atom. The van der Waals surface area contributed by atoms with Gasteiger partial charge in [0.15, 0.2) is 0 Å². The third-order valence-electron chi connectivity index (χ3n) is 8.41. The molecule has 0 spiro atoms. The van der Waals surface area contributed by atoms with E-state index in [1.165, 1.54) is 24.9 Å². The predicted molar refractivity (Wildman–Crippen MR) is 215 cm³/mol. The zero-order valence-electron chi connectivity index (χ0n) is 31.2. The van der Waals surface area contributed by atoms with E-state index in [9.17, 15) is 20.4 Å². The van der Waals surface area contributed by atoms with Gasteiger partial charge in [-0.15, -0.1) is 26.3 Å². The standard InChI is InChI=1S/C46H42N4O4.2Zn/c1-5-13-31-17-9-21-35(43(31)51)27-47-39-25-41(49-29-37-23-11-19-33(15-7-3)45(37)53)42(50-30-38-24-12-20-34(16-8-4)46(38)54)26-40(39)48-28-36-22-10-18-32(14-6-2)44(36)52;;/h5-12,17-30,51-54H,1-4,13-16H2;;/q;2*+2/p-4. The monoisotopic (exact) mass is 838 g/mol. The van der Waals surface area contributed by atoms with Crippen LogP contribution in [0.25, 0.3) is 0 Å². The van der Waals surface area contributed by atoms with Gasteiger partial charge in [0.2, 0.25) is 0 Å². The van der Waals surface area contributed by atoms with Crippen LogP contribution in [0.5, 0.6) is 23.0 Å². The summed E-state index contributed by atoms with van der Waals surface area (Å²) in [7, 11) is 0. The maximum Gasteiger partial charge on any atom is 2.00 e. The van der Waals surface area contributed by atoms with Crippen molar-refractivity contribution < 1.29 is 59.4 Å². The molecule has 10 heteroatoms. The van der Waals surface area contributed by atoms with Crippen molar-refractivity contribution in [1.29, 1.82) is 0 Å². The van der Waals surface area contributed by atoms with Crippen LogP contribution < -0.4 is 20.4 Å². The second-order valence-corrected chi connectivity index (χ2v) is 12.2. The molecule has 0 aliphatic rings. The molecular formula is C46H38N4O4Zn2. The van der Waals surface area contributed by atoms with Crippen molar-refractivity contribution in [2.45, 2.75) is 25.7 Å². The topological polar surface area (TPSA) is 142 Å². The summed E-state index contributed by atoms with van der Waals surface area (Å²) >= 11 is 0. The zero-order chi connectivity index (χ0) is 38.5. The second-order valence-electron chi connectivity index (χ2n) is 12.2. The van der Waals surface area contributed by atoms with Gasteiger partial charge in [-0.1, -0.05) is 142 Å². The van der Waals surface area contributed by atoms with Crippen molar-refractivity contribution >= 4 is 47.6 Å². The van der Waals surface area contributed by atoms with Crippen LogP contribution in [0, 0.1) is 0 Å². The van der Waals surface area contributed by atoms with Crippen LogP contribution in [0.3, 0.4) is 0 Å². The minimum atomic E-state index is -0.185. The molecule has 0 fully saturated rings. The Hall–Kier alpha value is -5.81. The fourth-order valence-corrected chi connectivity index (χ4v) is 5.62. The molecule has 5 aromatic rings. The number of hydrogen-bond acceptors (Lipinski definition) is 8. The van der Waals surface area contributed by atoms with E-state index >= 15 is 0 Å². The first-order valence-corrected chi connectivity index (χ1v) is 17.2. The Bertz CT molecular complexity index is 2010. The summed E-state index contributed by atoms with van der Waals surface area (Å²) in [4.78, 5) is 18.7. The second kappa shape index (κ2) is 21.9. The van der Waals surface area contributed by atoms with Crippen molar-refractivity contribution in [1.82, 2.24) is 0 Å². The van der Waals surface area contributed by atoms with E-state index in [-0.39, 0.29) is 62.0 Å². The third-order valence-corrected chi connectivity index (χ3v) is 8.41. The van der Waals surface area contributed by atoms with Gasteiger partial charge in [0.25, 0.3) is 0 Å². The molecule has 0 atom stereocenters. The molecule has 5 rings (SSSR count). The van der Waals surface area contributed by atoms with E-state index in [0.717, 1.165) is 0 Å². The Labute approximate surface area is 353 Å². The van der Waals surface area contributed by atoms with Gasteiger partial charge >= 0.3 is 39.0 Å². The van der Waals surface area contributed by atoms with Gasteiger partial charge in [-0.05, 0) is 60.1 Å². The number of allylic oxidation sites excluding steroid dienone is 4. The normalized spacial score (nSPS) is 11.1. The molecule has 0 aliphatic heterocycles. The molecule has 0 radical (unpaired) electrons. The van der Waals surface area contributed by atoms with E-state index < -0.39 is 0 Å². The minimum absolute atomic E-state index is 0. The molecule has 8 nitrogen and oxygen atoms in total. The molecule has 0 unspecified atom stereocenters. The first-order valence-electron chi connectivity index (χ1n) is 17.2. The van der Waals surface area contributed by atoms with Gasteiger partial charge in [0, 0.05) is 24.9 Å². The fourth-order valence-electron chi connectivity index (χ4n) is 5.62. The number of benzene rings is 5. The van der Waals surface area contributed by atoms with Crippen molar-refractivity contribution in [3.63, 3.8) is 0 Å². The van der Waals surface area contributed by atoms with Crippen molar-refractivity contribution in [2.24, 2.45) is 20.0 Å². The largest absolute Gasteiger partial charge is 2.00 e. The van der Waals surface area contributed by atoms with E-state index in [4.69, 9.17) is 0 Å². The maximum absolute atomic E-state index is 13.2. The van der Waals surface area contributed by atoms with Crippen molar-refractivity contribution in [2.75, 3.05) is 0 Å². The van der Waals surface area contributed by atoms with E-state index in [1.807, 2.05) is 0 Å². The Balaban J connectivity index is 0.00000420. The first kappa shape index (κ1) is 44.6. The molecule has 0 heterocycles. The zero-order valence-corrected chi connectivity index (χ0v) is 37.1. The molecule has 56 heavy (non-hydrogen) atoms. The molecule has 0 amide bonds. The molecular weight excluding hydrogens is 803 g/mol. The van der Waals surface area contributed by atoms with Crippen LogP contribution >= 0.6 is 0 Å². The third kappa shape index (κ3) is 11.1.